The van der Waals surface area contributed by atoms with E-state index in [1.165, 1.54) is 0 Å². The molecule has 0 radical (unpaired) electrons. The Kier molecular flexibility index (Phi) is 3.71. The predicted molar refractivity (Wildman–Crippen MR) is 77.2 cm³/mol. The number of rotatable bonds is 4. The highest BCUT2D eigenvalue weighted by molar-refractivity contribution is 6.28. The minimum atomic E-state index is 0.0282. The van der Waals surface area contributed by atoms with Crippen molar-refractivity contribution in [3.05, 3.63) is 29.5 Å². The number of halogens is 1. The van der Waals surface area contributed by atoms with Crippen LogP contribution < -0.4 is 5.32 Å². The summed E-state index contributed by atoms with van der Waals surface area (Å²) in [6.07, 6.45) is 2.05. The molecule has 2 rings (SSSR count). The Bertz CT molecular complexity index is 550. The van der Waals surface area contributed by atoms with Crippen LogP contribution in [-0.2, 0) is 0 Å². The van der Waals surface area contributed by atoms with Crippen molar-refractivity contribution in [1.82, 2.24) is 9.97 Å². The van der Waals surface area contributed by atoms with Crippen LogP contribution in [0.4, 0.5) is 5.82 Å². The molecule has 1 aromatic heterocycles. The van der Waals surface area contributed by atoms with Crippen molar-refractivity contribution in [1.29, 1.82) is 0 Å². The number of nitrogens with zero attached hydrogens (tertiary/aromatic N) is 2. The number of para-hydroxylation sites is 1. The zero-order valence-electron chi connectivity index (χ0n) is 11.0. The quantitative estimate of drug-likeness (QED) is 0.837. The first-order valence-electron chi connectivity index (χ1n) is 6.28. The van der Waals surface area contributed by atoms with Crippen LogP contribution >= 0.6 is 11.6 Å². The molecule has 1 heterocycles. The van der Waals surface area contributed by atoms with Crippen molar-refractivity contribution >= 4 is 28.3 Å². The van der Waals surface area contributed by atoms with E-state index in [0.29, 0.717) is 0 Å². The average molecular weight is 264 g/mol. The van der Waals surface area contributed by atoms with Crippen molar-refractivity contribution in [2.75, 3.05) is 5.32 Å². The van der Waals surface area contributed by atoms with Gasteiger partial charge >= 0.3 is 0 Å². The average Bonchev–Trinajstić information content (AvgIpc) is 2.38. The van der Waals surface area contributed by atoms with Gasteiger partial charge in [-0.3, -0.25) is 0 Å². The third-order valence-electron chi connectivity index (χ3n) is 3.56. The Labute approximate surface area is 113 Å². The van der Waals surface area contributed by atoms with E-state index in [1.807, 2.05) is 24.3 Å². The first-order chi connectivity index (χ1) is 8.58. The smallest absolute Gasteiger partial charge is 0.224 e. The molecule has 1 aromatic carbocycles. The van der Waals surface area contributed by atoms with Crippen LogP contribution in [0, 0.1) is 0 Å². The van der Waals surface area contributed by atoms with Crippen LogP contribution in [-0.4, -0.2) is 15.5 Å². The van der Waals surface area contributed by atoms with E-state index in [-0.39, 0.29) is 10.8 Å². The fraction of sp³-hybridized carbons (Fsp3) is 0.429. The van der Waals surface area contributed by atoms with E-state index in [2.05, 4.69) is 36.1 Å². The maximum absolute atomic E-state index is 5.98. The number of anilines is 1. The summed E-state index contributed by atoms with van der Waals surface area (Å²) in [6.45, 7) is 6.53. The first-order valence-corrected chi connectivity index (χ1v) is 6.66. The Morgan fingerprint density at radius 2 is 1.83 bits per heavy atom. The summed E-state index contributed by atoms with van der Waals surface area (Å²) >= 11 is 5.98. The maximum atomic E-state index is 5.98. The summed E-state index contributed by atoms with van der Waals surface area (Å²) in [5, 5.41) is 4.80. The van der Waals surface area contributed by atoms with Crippen molar-refractivity contribution in [3.63, 3.8) is 0 Å². The molecule has 96 valence electrons. The SMILES string of the molecule is CCC(C)(CC)Nc1nc(Cl)nc2ccccc12. The Balaban J connectivity index is 2.50. The lowest BCUT2D eigenvalue weighted by molar-refractivity contribution is 0.477. The van der Waals surface area contributed by atoms with Crippen molar-refractivity contribution in [3.8, 4) is 0 Å². The molecule has 0 aliphatic rings. The second-order valence-electron chi connectivity index (χ2n) is 4.75. The second kappa shape index (κ2) is 5.11. The highest BCUT2D eigenvalue weighted by atomic mass is 35.5. The number of benzene rings is 1. The monoisotopic (exact) mass is 263 g/mol. The summed E-state index contributed by atoms with van der Waals surface area (Å²) in [6, 6.07) is 7.90. The van der Waals surface area contributed by atoms with Gasteiger partial charge in [0.25, 0.3) is 0 Å². The fourth-order valence-electron chi connectivity index (χ4n) is 1.86. The largest absolute Gasteiger partial charge is 0.364 e. The van der Waals surface area contributed by atoms with Crippen LogP contribution in [0.3, 0.4) is 0 Å². The lowest BCUT2D eigenvalue weighted by atomic mass is 9.95. The minimum Gasteiger partial charge on any atom is -0.364 e. The molecular weight excluding hydrogens is 246 g/mol. The third-order valence-corrected chi connectivity index (χ3v) is 3.73. The molecule has 4 heteroatoms. The molecule has 0 bridgehead atoms. The molecule has 0 saturated carbocycles. The topological polar surface area (TPSA) is 37.8 Å². The van der Waals surface area contributed by atoms with Gasteiger partial charge in [0.05, 0.1) is 5.52 Å². The van der Waals surface area contributed by atoms with E-state index < -0.39 is 0 Å². The zero-order valence-corrected chi connectivity index (χ0v) is 11.8. The predicted octanol–water partition coefficient (Wildman–Crippen LogP) is 4.27. The fourth-order valence-corrected chi connectivity index (χ4v) is 2.03. The molecule has 0 fully saturated rings. The zero-order chi connectivity index (χ0) is 13.2. The molecule has 0 amide bonds. The van der Waals surface area contributed by atoms with Crippen LogP contribution in [0.2, 0.25) is 5.28 Å². The van der Waals surface area contributed by atoms with Gasteiger partial charge in [-0.25, -0.2) is 9.97 Å². The third kappa shape index (κ3) is 2.56. The number of fused-ring (bicyclic) bond motifs is 1. The number of hydrogen-bond donors (Lipinski definition) is 1. The lowest BCUT2D eigenvalue weighted by Gasteiger charge is -2.29. The van der Waals surface area contributed by atoms with Gasteiger partial charge in [0, 0.05) is 10.9 Å². The van der Waals surface area contributed by atoms with Gasteiger partial charge < -0.3 is 5.32 Å². The van der Waals surface area contributed by atoms with E-state index in [1.54, 1.807) is 0 Å². The molecule has 3 nitrogen and oxygen atoms in total. The molecule has 1 N–H and O–H groups in total. The van der Waals surface area contributed by atoms with E-state index in [0.717, 1.165) is 29.6 Å². The van der Waals surface area contributed by atoms with Gasteiger partial charge in [-0.1, -0.05) is 26.0 Å². The van der Waals surface area contributed by atoms with Gasteiger partial charge in [0.1, 0.15) is 5.82 Å². The summed E-state index contributed by atoms with van der Waals surface area (Å²) in [7, 11) is 0. The van der Waals surface area contributed by atoms with Crippen LogP contribution in [0.15, 0.2) is 24.3 Å². The highest BCUT2D eigenvalue weighted by Crippen LogP contribution is 2.27. The van der Waals surface area contributed by atoms with Gasteiger partial charge in [-0.2, -0.15) is 0 Å². The van der Waals surface area contributed by atoms with Gasteiger partial charge in [0.2, 0.25) is 5.28 Å². The van der Waals surface area contributed by atoms with Gasteiger partial charge in [-0.15, -0.1) is 0 Å². The van der Waals surface area contributed by atoms with Crippen LogP contribution in [0.1, 0.15) is 33.6 Å². The van der Waals surface area contributed by atoms with Crippen molar-refractivity contribution < 1.29 is 0 Å². The summed E-state index contributed by atoms with van der Waals surface area (Å²) in [5.74, 6) is 0.816. The second-order valence-corrected chi connectivity index (χ2v) is 5.09. The Morgan fingerprint density at radius 1 is 1.17 bits per heavy atom. The lowest BCUT2D eigenvalue weighted by Crippen LogP contribution is -2.33. The first kappa shape index (κ1) is 13.1. The number of aromatic nitrogens is 2. The number of nitrogens with one attached hydrogen (secondary N) is 1. The van der Waals surface area contributed by atoms with E-state index in [4.69, 9.17) is 11.6 Å². The summed E-state index contributed by atoms with van der Waals surface area (Å²) < 4.78 is 0. The number of hydrogen-bond acceptors (Lipinski definition) is 3. The molecular formula is C14H18ClN3. The highest BCUT2D eigenvalue weighted by Gasteiger charge is 2.21. The van der Waals surface area contributed by atoms with Gasteiger partial charge in [0.15, 0.2) is 0 Å². The molecule has 0 atom stereocenters. The Hall–Kier alpha value is -1.35. The molecule has 18 heavy (non-hydrogen) atoms. The molecule has 2 aromatic rings. The summed E-state index contributed by atoms with van der Waals surface area (Å²) in [5.41, 5.74) is 0.898. The van der Waals surface area contributed by atoms with E-state index >= 15 is 0 Å². The molecule has 0 aliphatic carbocycles. The Morgan fingerprint density at radius 3 is 2.50 bits per heavy atom. The van der Waals surface area contributed by atoms with Crippen LogP contribution in [0.5, 0.6) is 0 Å². The van der Waals surface area contributed by atoms with Crippen molar-refractivity contribution in [2.24, 2.45) is 0 Å². The molecule has 0 saturated heterocycles. The molecule has 0 spiro atoms. The van der Waals surface area contributed by atoms with E-state index in [9.17, 15) is 0 Å². The molecule has 0 unspecified atom stereocenters. The van der Waals surface area contributed by atoms with Gasteiger partial charge in [-0.05, 0) is 43.5 Å². The molecule has 0 aliphatic heterocycles. The standard InChI is InChI=1S/C14H18ClN3/c1-4-14(3,5-2)18-12-10-8-6-7-9-11(10)16-13(15)17-12/h6-9H,4-5H2,1-3H3,(H,16,17,18). The summed E-state index contributed by atoms with van der Waals surface area (Å²) in [4.78, 5) is 8.56. The minimum absolute atomic E-state index is 0.0282. The van der Waals surface area contributed by atoms with Crippen molar-refractivity contribution in [2.45, 2.75) is 39.2 Å². The van der Waals surface area contributed by atoms with Crippen LogP contribution in [0.25, 0.3) is 10.9 Å². The normalized spacial score (nSPS) is 11.8. The maximum Gasteiger partial charge on any atom is 0.224 e.